The molecule has 1 N–H and O–H groups in total. The first-order chi connectivity index (χ1) is 16.2. The molecule has 1 amide bonds. The van der Waals surface area contributed by atoms with Crippen molar-refractivity contribution in [3.8, 4) is 0 Å². The summed E-state index contributed by atoms with van der Waals surface area (Å²) in [6, 6.07) is 0. The highest BCUT2D eigenvalue weighted by molar-refractivity contribution is 5.84. The number of carbonyl (C=O) groups is 1. The lowest BCUT2D eigenvalue weighted by molar-refractivity contribution is -0.125. The van der Waals surface area contributed by atoms with E-state index in [1.54, 1.807) is 6.33 Å². The predicted molar refractivity (Wildman–Crippen MR) is 130 cm³/mol. The first-order valence-electron chi connectivity index (χ1n) is 13.1. The molecule has 0 bridgehead atoms. The smallest absolute Gasteiger partial charge is 0.223 e. The Hall–Kier alpha value is -2.22. The van der Waals surface area contributed by atoms with Gasteiger partial charge in [-0.25, -0.2) is 15.0 Å². The summed E-state index contributed by atoms with van der Waals surface area (Å²) in [6.45, 7) is 9.35. The van der Waals surface area contributed by atoms with Crippen molar-refractivity contribution in [3.05, 3.63) is 12.2 Å². The Labute approximate surface area is 197 Å². The molecule has 8 heteroatoms. The molecule has 0 spiro atoms. The molecule has 33 heavy (non-hydrogen) atoms. The zero-order valence-electron chi connectivity index (χ0n) is 20.1. The summed E-state index contributed by atoms with van der Waals surface area (Å²) in [4.78, 5) is 31.7. The van der Waals surface area contributed by atoms with Crippen LogP contribution in [0.5, 0.6) is 0 Å². The van der Waals surface area contributed by atoms with E-state index in [0.29, 0.717) is 0 Å². The topological polar surface area (TPSA) is 79.2 Å². The fraction of sp³-hybridized carbons (Fsp3) is 0.760. The average Bonchev–Trinajstić information content (AvgIpc) is 3.02. The molecule has 3 aliphatic heterocycles. The number of hydrogen-bond donors (Lipinski definition) is 1. The quantitative estimate of drug-likeness (QED) is 0.678. The average molecular weight is 454 g/mol. The Morgan fingerprint density at radius 1 is 1.06 bits per heavy atom. The van der Waals surface area contributed by atoms with Crippen molar-refractivity contribution in [3.63, 3.8) is 0 Å². The summed E-state index contributed by atoms with van der Waals surface area (Å²) in [5, 5.41) is 3.20. The molecule has 5 heterocycles. The van der Waals surface area contributed by atoms with Gasteiger partial charge in [0.2, 0.25) is 5.91 Å². The van der Waals surface area contributed by atoms with Crippen LogP contribution in [-0.4, -0.2) is 69.6 Å². The normalized spacial score (nSPS) is 22.8. The highest BCUT2D eigenvalue weighted by Crippen LogP contribution is 2.29. The van der Waals surface area contributed by atoms with E-state index in [9.17, 15) is 4.79 Å². The maximum atomic E-state index is 12.7. The zero-order valence-corrected chi connectivity index (χ0v) is 20.1. The summed E-state index contributed by atoms with van der Waals surface area (Å²) in [5.41, 5.74) is 1.91. The van der Waals surface area contributed by atoms with E-state index < -0.39 is 0 Å². The Balaban J connectivity index is 1.12. The number of amides is 1. The molecule has 2 aromatic heterocycles. The monoisotopic (exact) mass is 453 g/mol. The van der Waals surface area contributed by atoms with Crippen LogP contribution in [-0.2, 0) is 17.8 Å². The van der Waals surface area contributed by atoms with Gasteiger partial charge in [-0.1, -0.05) is 13.3 Å². The Morgan fingerprint density at radius 2 is 1.94 bits per heavy atom. The first-order valence-corrected chi connectivity index (χ1v) is 13.1. The number of carbonyl (C=O) groups excluding carboxylic acids is 1. The Morgan fingerprint density at radius 3 is 2.79 bits per heavy atom. The number of aromatic nitrogens is 4. The van der Waals surface area contributed by atoms with Gasteiger partial charge in [-0.05, 0) is 64.0 Å². The van der Waals surface area contributed by atoms with Gasteiger partial charge >= 0.3 is 0 Å². The maximum absolute atomic E-state index is 12.7. The minimum atomic E-state index is 0.104. The Kier molecular flexibility index (Phi) is 7.09. The Bertz CT molecular complexity index is 950. The molecule has 0 unspecified atom stereocenters. The molecule has 8 nitrogen and oxygen atoms in total. The van der Waals surface area contributed by atoms with Gasteiger partial charge in [0.05, 0.1) is 0 Å². The molecule has 0 radical (unpaired) electrons. The predicted octanol–water partition coefficient (Wildman–Crippen LogP) is 3.01. The zero-order chi connectivity index (χ0) is 22.6. The van der Waals surface area contributed by atoms with Gasteiger partial charge in [0.1, 0.15) is 12.2 Å². The minimum Gasteiger partial charge on any atom is -0.356 e. The van der Waals surface area contributed by atoms with Gasteiger partial charge in [-0.15, -0.1) is 0 Å². The molecule has 1 atom stereocenters. The van der Waals surface area contributed by atoms with Crippen molar-refractivity contribution >= 4 is 22.9 Å². The number of nitrogens with zero attached hydrogens (tertiary/aromatic N) is 6. The third-order valence-electron chi connectivity index (χ3n) is 7.73. The number of imidazole rings is 1. The molecule has 180 valence electrons. The lowest BCUT2D eigenvalue weighted by Gasteiger charge is -2.32. The lowest BCUT2D eigenvalue weighted by Crippen LogP contribution is -2.42. The molecule has 2 fully saturated rings. The van der Waals surface area contributed by atoms with Crippen LogP contribution >= 0.6 is 0 Å². The lowest BCUT2D eigenvalue weighted by atomic mass is 9.96. The van der Waals surface area contributed by atoms with Crippen molar-refractivity contribution in [1.29, 1.82) is 0 Å². The molecule has 0 aromatic carbocycles. The SMILES string of the molecule is C[C@@H]1CCCN(CCCNC(=O)C2CCN(c3ncnc4c3nc3n4CCCCC3)CC2)C1. The van der Waals surface area contributed by atoms with Crippen LogP contribution in [0.25, 0.3) is 11.2 Å². The number of hydrogen-bond acceptors (Lipinski definition) is 6. The van der Waals surface area contributed by atoms with E-state index in [-0.39, 0.29) is 11.8 Å². The van der Waals surface area contributed by atoms with Gasteiger partial charge in [0.25, 0.3) is 0 Å². The van der Waals surface area contributed by atoms with Crippen LogP contribution in [0.15, 0.2) is 6.33 Å². The molecule has 0 saturated carbocycles. The van der Waals surface area contributed by atoms with Crippen molar-refractivity contribution in [2.75, 3.05) is 44.2 Å². The van der Waals surface area contributed by atoms with Crippen LogP contribution in [0.4, 0.5) is 5.82 Å². The molecule has 5 rings (SSSR count). The van der Waals surface area contributed by atoms with Gasteiger partial charge in [0, 0.05) is 45.1 Å². The number of rotatable bonds is 6. The second-order valence-electron chi connectivity index (χ2n) is 10.3. The van der Waals surface area contributed by atoms with Crippen LogP contribution < -0.4 is 10.2 Å². The summed E-state index contributed by atoms with van der Waals surface area (Å²) >= 11 is 0. The third kappa shape index (κ3) is 5.15. The molecule has 3 aliphatic rings. The van der Waals surface area contributed by atoms with Gasteiger partial charge in [-0.2, -0.15) is 0 Å². The highest BCUT2D eigenvalue weighted by atomic mass is 16.1. The van der Waals surface area contributed by atoms with Crippen molar-refractivity contribution in [2.45, 2.75) is 71.3 Å². The summed E-state index contributed by atoms with van der Waals surface area (Å²) < 4.78 is 2.29. The third-order valence-corrected chi connectivity index (χ3v) is 7.73. The van der Waals surface area contributed by atoms with Gasteiger partial charge < -0.3 is 19.7 Å². The minimum absolute atomic E-state index is 0.104. The number of nitrogens with one attached hydrogen (secondary N) is 1. The number of aryl methyl sites for hydroxylation is 2. The van der Waals surface area contributed by atoms with E-state index in [1.165, 1.54) is 45.2 Å². The van der Waals surface area contributed by atoms with E-state index in [2.05, 4.69) is 36.6 Å². The van der Waals surface area contributed by atoms with E-state index in [0.717, 1.165) is 87.1 Å². The maximum Gasteiger partial charge on any atom is 0.223 e. The number of fused-ring (bicyclic) bond motifs is 3. The molecule has 2 saturated heterocycles. The van der Waals surface area contributed by atoms with Crippen molar-refractivity contribution < 1.29 is 4.79 Å². The molecule has 2 aromatic rings. The van der Waals surface area contributed by atoms with Crippen molar-refractivity contribution in [2.24, 2.45) is 11.8 Å². The van der Waals surface area contributed by atoms with Crippen LogP contribution in [0, 0.1) is 11.8 Å². The van der Waals surface area contributed by atoms with Crippen LogP contribution in [0.1, 0.15) is 64.1 Å². The fourth-order valence-corrected chi connectivity index (χ4v) is 5.86. The molecular weight excluding hydrogens is 414 g/mol. The van der Waals surface area contributed by atoms with E-state index in [4.69, 9.17) is 4.98 Å². The van der Waals surface area contributed by atoms with Gasteiger partial charge in [0.15, 0.2) is 17.0 Å². The summed E-state index contributed by atoms with van der Waals surface area (Å²) in [7, 11) is 0. The first kappa shape index (κ1) is 22.6. The standard InChI is InChI=1S/C25H39N7O/c1-19-7-5-12-30(17-19)13-6-11-26-25(33)20-9-15-31(16-10-20)23-22-24(28-18-27-23)32-14-4-2-3-8-21(32)29-22/h18-20H,2-17H2,1H3,(H,26,33)/t19-/m1/s1. The second-order valence-corrected chi connectivity index (χ2v) is 10.3. The number of likely N-dealkylation sites (tertiary alicyclic amines) is 1. The summed E-state index contributed by atoms with van der Waals surface area (Å²) in [6.07, 6.45) is 11.8. The van der Waals surface area contributed by atoms with Crippen molar-refractivity contribution in [1.82, 2.24) is 29.7 Å². The molecular formula is C25H39N7O. The number of piperidine rings is 2. The second kappa shape index (κ2) is 10.4. The molecule has 0 aliphatic carbocycles. The van der Waals surface area contributed by atoms with Crippen LogP contribution in [0.2, 0.25) is 0 Å². The highest BCUT2D eigenvalue weighted by Gasteiger charge is 2.28. The van der Waals surface area contributed by atoms with E-state index >= 15 is 0 Å². The fourth-order valence-electron chi connectivity index (χ4n) is 5.86. The summed E-state index contributed by atoms with van der Waals surface area (Å²) in [5.74, 6) is 3.23. The van der Waals surface area contributed by atoms with Gasteiger partial charge in [-0.3, -0.25) is 4.79 Å². The van der Waals surface area contributed by atoms with E-state index in [1.807, 2.05) is 0 Å². The largest absolute Gasteiger partial charge is 0.356 e. The number of anilines is 1. The van der Waals surface area contributed by atoms with Crippen LogP contribution in [0.3, 0.4) is 0 Å².